The summed E-state index contributed by atoms with van der Waals surface area (Å²) in [7, 11) is 0. The number of imide groups is 1. The molecule has 0 atom stereocenters. The molecule has 2 aromatic rings. The third-order valence-corrected chi connectivity index (χ3v) is 4.50. The Morgan fingerprint density at radius 1 is 1.36 bits per heavy atom. The van der Waals surface area contributed by atoms with E-state index in [0.717, 1.165) is 22.6 Å². The van der Waals surface area contributed by atoms with Crippen LogP contribution in [0.25, 0.3) is 11.0 Å². The quantitative estimate of drug-likeness (QED) is 0.560. The Bertz CT molecular complexity index is 755. The Balaban J connectivity index is 1.91. The number of rotatable bonds is 8. The average Bonchev–Trinajstić information content (AvgIpc) is 2.91. The molecule has 7 heteroatoms. The zero-order chi connectivity index (χ0) is 18.2. The van der Waals surface area contributed by atoms with Crippen molar-refractivity contribution >= 4 is 34.7 Å². The lowest BCUT2D eigenvalue weighted by atomic mass is 10.1. The number of hydrogen-bond donors (Lipinski definition) is 2. The molecule has 25 heavy (non-hydrogen) atoms. The minimum Gasteiger partial charge on any atom is -0.338 e. The lowest BCUT2D eigenvalue weighted by Gasteiger charge is -2.08. The van der Waals surface area contributed by atoms with Crippen LogP contribution < -0.4 is 10.6 Å². The number of carbonyl (C=O) groups excluding carboxylic acids is 2. The second-order valence-corrected chi connectivity index (χ2v) is 7.00. The van der Waals surface area contributed by atoms with Crippen LogP contribution in [0.2, 0.25) is 0 Å². The van der Waals surface area contributed by atoms with E-state index >= 15 is 0 Å². The number of hydrogen-bond acceptors (Lipinski definition) is 4. The number of allylic oxidation sites excluding steroid dienone is 1. The number of urea groups is 1. The number of nitrogens with zero attached hydrogens (tertiary/aromatic N) is 2. The molecule has 0 aliphatic carbocycles. The van der Waals surface area contributed by atoms with Crippen molar-refractivity contribution < 1.29 is 9.59 Å². The first kappa shape index (κ1) is 19.1. The number of nitrogens with one attached hydrogen (secondary N) is 2. The van der Waals surface area contributed by atoms with Crippen molar-refractivity contribution in [1.82, 2.24) is 20.2 Å². The smallest absolute Gasteiger partial charge is 0.321 e. The van der Waals surface area contributed by atoms with E-state index in [1.165, 1.54) is 11.8 Å². The van der Waals surface area contributed by atoms with Crippen molar-refractivity contribution in [2.24, 2.45) is 5.92 Å². The summed E-state index contributed by atoms with van der Waals surface area (Å²) >= 11 is 1.30. The van der Waals surface area contributed by atoms with Crippen LogP contribution in [0.1, 0.15) is 20.3 Å². The van der Waals surface area contributed by atoms with Gasteiger partial charge in [-0.2, -0.15) is 0 Å². The number of carbonyl (C=O) groups is 2. The molecule has 3 amide bonds. The summed E-state index contributed by atoms with van der Waals surface area (Å²) in [5.41, 5.74) is 1.87. The lowest BCUT2D eigenvalue weighted by Crippen LogP contribution is -2.40. The Morgan fingerprint density at radius 3 is 2.84 bits per heavy atom. The summed E-state index contributed by atoms with van der Waals surface area (Å²) in [4.78, 5) is 28.2. The Kier molecular flexibility index (Phi) is 7.06. The van der Waals surface area contributed by atoms with Gasteiger partial charge in [0, 0.05) is 13.1 Å². The number of aromatic nitrogens is 2. The fraction of sp³-hybridized carbons (Fsp3) is 0.389. The fourth-order valence-electron chi connectivity index (χ4n) is 2.28. The van der Waals surface area contributed by atoms with Crippen LogP contribution >= 0.6 is 11.8 Å². The predicted octanol–water partition coefficient (Wildman–Crippen LogP) is 3.19. The third-order valence-electron chi connectivity index (χ3n) is 3.52. The summed E-state index contributed by atoms with van der Waals surface area (Å²) in [6, 6.07) is 7.34. The first-order chi connectivity index (χ1) is 12.0. The molecule has 0 aliphatic rings. The van der Waals surface area contributed by atoms with Gasteiger partial charge >= 0.3 is 6.03 Å². The van der Waals surface area contributed by atoms with Crippen molar-refractivity contribution in [3.63, 3.8) is 0 Å². The van der Waals surface area contributed by atoms with Crippen molar-refractivity contribution in [2.45, 2.75) is 32.0 Å². The van der Waals surface area contributed by atoms with E-state index in [1.807, 2.05) is 28.8 Å². The maximum Gasteiger partial charge on any atom is 0.321 e. The van der Waals surface area contributed by atoms with Gasteiger partial charge in [0.1, 0.15) is 0 Å². The molecule has 134 valence electrons. The maximum absolute atomic E-state index is 12.0. The minimum absolute atomic E-state index is 0.123. The molecule has 0 radical (unpaired) electrons. The second kappa shape index (κ2) is 9.27. The number of thioether (sulfide) groups is 1. The van der Waals surface area contributed by atoms with E-state index in [2.05, 4.69) is 36.0 Å². The summed E-state index contributed by atoms with van der Waals surface area (Å²) in [6.07, 6.45) is 2.67. The standard InChI is InChI=1S/C18H24N4O2S/c1-4-11-22-15-8-6-5-7-14(15)20-18(22)25-12-16(23)21-17(24)19-10-9-13(2)3/h4-8,13H,1,9-12H2,2-3H3,(H2,19,21,23,24). The van der Waals surface area contributed by atoms with E-state index in [1.54, 1.807) is 6.08 Å². The number of benzene rings is 1. The molecule has 2 N–H and O–H groups in total. The molecule has 1 heterocycles. The van der Waals surface area contributed by atoms with Gasteiger partial charge in [-0.3, -0.25) is 10.1 Å². The summed E-state index contributed by atoms with van der Waals surface area (Å²) < 4.78 is 2.00. The van der Waals surface area contributed by atoms with E-state index < -0.39 is 6.03 Å². The third kappa shape index (κ3) is 5.63. The average molecular weight is 360 g/mol. The highest BCUT2D eigenvalue weighted by Crippen LogP contribution is 2.23. The number of amides is 3. The molecule has 1 aromatic carbocycles. The summed E-state index contributed by atoms with van der Waals surface area (Å²) in [6.45, 7) is 9.09. The summed E-state index contributed by atoms with van der Waals surface area (Å²) in [5.74, 6) is 0.284. The molecule has 2 rings (SSSR count). The van der Waals surface area contributed by atoms with Gasteiger partial charge in [-0.25, -0.2) is 9.78 Å². The highest BCUT2D eigenvalue weighted by atomic mass is 32.2. The molecule has 0 aliphatic heterocycles. The molecule has 0 spiro atoms. The molecule has 6 nitrogen and oxygen atoms in total. The van der Waals surface area contributed by atoms with Crippen molar-refractivity contribution in [2.75, 3.05) is 12.3 Å². The first-order valence-corrected chi connectivity index (χ1v) is 9.26. The molecular formula is C18H24N4O2S. The van der Waals surface area contributed by atoms with Crippen LogP contribution in [-0.4, -0.2) is 33.8 Å². The van der Waals surface area contributed by atoms with Crippen LogP contribution in [0.5, 0.6) is 0 Å². The van der Waals surface area contributed by atoms with Crippen LogP contribution in [0.3, 0.4) is 0 Å². The zero-order valence-electron chi connectivity index (χ0n) is 14.6. The van der Waals surface area contributed by atoms with Gasteiger partial charge in [0.05, 0.1) is 16.8 Å². The molecule has 0 fully saturated rings. The van der Waals surface area contributed by atoms with Crippen molar-refractivity contribution in [1.29, 1.82) is 0 Å². The monoisotopic (exact) mass is 360 g/mol. The SMILES string of the molecule is C=CCn1c(SCC(=O)NC(=O)NCCC(C)C)nc2ccccc21. The van der Waals surface area contributed by atoms with Crippen molar-refractivity contribution in [3.8, 4) is 0 Å². The number of imidazole rings is 1. The fourth-order valence-corrected chi connectivity index (χ4v) is 3.10. The van der Waals surface area contributed by atoms with E-state index in [0.29, 0.717) is 19.0 Å². The normalized spacial score (nSPS) is 10.8. The Hall–Kier alpha value is -2.28. The van der Waals surface area contributed by atoms with Gasteiger partial charge in [-0.1, -0.05) is 43.8 Å². The largest absolute Gasteiger partial charge is 0.338 e. The topological polar surface area (TPSA) is 76.0 Å². The summed E-state index contributed by atoms with van der Waals surface area (Å²) in [5, 5.41) is 5.76. The van der Waals surface area contributed by atoms with Gasteiger partial charge in [0.2, 0.25) is 5.91 Å². The Morgan fingerprint density at radius 2 is 2.12 bits per heavy atom. The number of fused-ring (bicyclic) bond motifs is 1. The van der Waals surface area contributed by atoms with E-state index in [9.17, 15) is 9.59 Å². The number of para-hydroxylation sites is 2. The van der Waals surface area contributed by atoms with E-state index in [4.69, 9.17) is 0 Å². The predicted molar refractivity (Wildman–Crippen MR) is 102 cm³/mol. The molecule has 0 unspecified atom stereocenters. The van der Waals surface area contributed by atoms with Gasteiger partial charge < -0.3 is 9.88 Å². The van der Waals surface area contributed by atoms with Crippen molar-refractivity contribution in [3.05, 3.63) is 36.9 Å². The van der Waals surface area contributed by atoms with Gasteiger partial charge in [0.15, 0.2) is 5.16 Å². The molecule has 1 aromatic heterocycles. The van der Waals surface area contributed by atoms with Crippen LogP contribution in [0, 0.1) is 5.92 Å². The highest BCUT2D eigenvalue weighted by Gasteiger charge is 2.13. The second-order valence-electron chi connectivity index (χ2n) is 6.06. The Labute approximate surface area is 152 Å². The first-order valence-electron chi connectivity index (χ1n) is 8.28. The molecule has 0 saturated carbocycles. The van der Waals surface area contributed by atoms with Crippen LogP contribution in [-0.2, 0) is 11.3 Å². The van der Waals surface area contributed by atoms with Gasteiger partial charge in [-0.15, -0.1) is 6.58 Å². The highest BCUT2D eigenvalue weighted by molar-refractivity contribution is 7.99. The molecule has 0 bridgehead atoms. The maximum atomic E-state index is 12.0. The minimum atomic E-state index is -0.453. The van der Waals surface area contributed by atoms with Gasteiger partial charge in [0.25, 0.3) is 0 Å². The van der Waals surface area contributed by atoms with Gasteiger partial charge in [-0.05, 0) is 24.5 Å². The van der Waals surface area contributed by atoms with Crippen LogP contribution in [0.4, 0.5) is 4.79 Å². The lowest BCUT2D eigenvalue weighted by molar-refractivity contribution is -0.117. The zero-order valence-corrected chi connectivity index (χ0v) is 15.4. The van der Waals surface area contributed by atoms with E-state index in [-0.39, 0.29) is 11.7 Å². The van der Waals surface area contributed by atoms with Crippen LogP contribution in [0.15, 0.2) is 42.1 Å². The molecular weight excluding hydrogens is 336 g/mol. The molecule has 0 saturated heterocycles.